The highest BCUT2D eigenvalue weighted by molar-refractivity contribution is 7.91. The van der Waals surface area contributed by atoms with E-state index in [1.54, 1.807) is 41.3 Å². The Bertz CT molecular complexity index is 1430. The minimum atomic E-state index is -3.67. The fraction of sp³-hybridized carbons (Fsp3) is 0.360. The van der Waals surface area contributed by atoms with Crippen LogP contribution in [0.25, 0.3) is 10.1 Å². The molecule has 2 aliphatic rings. The SMILES string of the molecule is COc1cc(C(=N)N2CCCC2)ccc1C(=O)N1CCN(S(=O)(=O)c2cc3ccc(Cl)cc3s2)CC1. The molecule has 2 aromatic carbocycles. The van der Waals surface area contributed by atoms with E-state index in [1.807, 2.05) is 11.0 Å². The molecule has 2 aliphatic heterocycles. The zero-order chi connectivity index (χ0) is 25.4. The molecule has 36 heavy (non-hydrogen) atoms. The average Bonchev–Trinajstić information content (AvgIpc) is 3.58. The molecule has 0 atom stereocenters. The summed E-state index contributed by atoms with van der Waals surface area (Å²) in [5.74, 6) is 0.646. The zero-order valence-corrected chi connectivity index (χ0v) is 22.3. The van der Waals surface area contributed by atoms with E-state index < -0.39 is 10.0 Å². The van der Waals surface area contributed by atoms with Gasteiger partial charge < -0.3 is 14.5 Å². The highest BCUT2D eigenvalue weighted by Gasteiger charge is 2.32. The Kier molecular flexibility index (Phi) is 6.95. The van der Waals surface area contributed by atoms with E-state index >= 15 is 0 Å². The number of piperazine rings is 1. The number of halogens is 1. The predicted octanol–water partition coefficient (Wildman–Crippen LogP) is 4.13. The van der Waals surface area contributed by atoms with E-state index in [0.29, 0.717) is 27.7 Å². The number of amidine groups is 1. The van der Waals surface area contributed by atoms with Crippen LogP contribution in [0.2, 0.25) is 5.02 Å². The molecule has 0 saturated carbocycles. The number of carbonyl (C=O) groups is 1. The Morgan fingerprint density at radius 3 is 2.39 bits per heavy atom. The summed E-state index contributed by atoms with van der Waals surface area (Å²) in [6.07, 6.45) is 2.16. The Labute approximate surface area is 219 Å². The first kappa shape index (κ1) is 25.0. The van der Waals surface area contributed by atoms with Crippen molar-refractivity contribution >= 4 is 54.8 Å². The van der Waals surface area contributed by atoms with E-state index in [-0.39, 0.29) is 36.3 Å². The molecule has 2 saturated heterocycles. The largest absolute Gasteiger partial charge is 0.496 e. The number of thiophene rings is 1. The molecule has 5 rings (SSSR count). The van der Waals surface area contributed by atoms with Gasteiger partial charge in [-0.3, -0.25) is 10.2 Å². The van der Waals surface area contributed by atoms with Crippen molar-refractivity contribution in [3.8, 4) is 5.75 Å². The molecule has 3 heterocycles. The van der Waals surface area contributed by atoms with Crippen molar-refractivity contribution in [3.63, 3.8) is 0 Å². The number of amides is 1. The van der Waals surface area contributed by atoms with Crippen molar-refractivity contribution in [2.75, 3.05) is 46.4 Å². The topological polar surface area (TPSA) is 94.0 Å². The molecular weight excluding hydrogens is 520 g/mol. The molecule has 11 heteroatoms. The van der Waals surface area contributed by atoms with Gasteiger partial charge in [-0.1, -0.05) is 23.7 Å². The molecule has 0 unspecified atom stereocenters. The minimum Gasteiger partial charge on any atom is -0.496 e. The van der Waals surface area contributed by atoms with Gasteiger partial charge in [0.25, 0.3) is 15.9 Å². The van der Waals surface area contributed by atoms with Crippen LogP contribution < -0.4 is 4.74 Å². The second kappa shape index (κ2) is 10.0. The zero-order valence-electron chi connectivity index (χ0n) is 19.9. The maximum absolute atomic E-state index is 13.3. The number of hydrogen-bond donors (Lipinski definition) is 1. The standard InChI is InChI=1S/C25H27ClN4O4S2/c1-34-21-14-18(24(27)28-8-2-3-9-28)5-7-20(21)25(31)29-10-12-30(13-11-29)36(32,33)23-15-17-4-6-19(26)16-22(17)35-23/h4-7,14-16,27H,2-3,8-13H2,1H3. The quantitative estimate of drug-likeness (QED) is 0.383. The number of nitrogens with one attached hydrogen (secondary N) is 1. The van der Waals surface area contributed by atoms with Crippen molar-refractivity contribution in [3.05, 3.63) is 58.6 Å². The van der Waals surface area contributed by atoms with Crippen LogP contribution in [0.4, 0.5) is 0 Å². The third-order valence-corrected chi connectivity index (χ3v) is 10.4. The highest BCUT2D eigenvalue weighted by Crippen LogP contribution is 2.33. The van der Waals surface area contributed by atoms with Crippen LogP contribution in [-0.4, -0.2) is 80.6 Å². The molecule has 1 N–H and O–H groups in total. The maximum atomic E-state index is 13.3. The second-order valence-corrected chi connectivity index (χ2v) is 12.6. The van der Waals surface area contributed by atoms with Crippen LogP contribution in [-0.2, 0) is 10.0 Å². The van der Waals surface area contributed by atoms with Crippen LogP contribution in [0, 0.1) is 5.41 Å². The third-order valence-electron chi connectivity index (χ3n) is 6.71. The Morgan fingerprint density at radius 2 is 1.69 bits per heavy atom. The number of benzene rings is 2. The molecule has 1 aromatic heterocycles. The summed E-state index contributed by atoms with van der Waals surface area (Å²) in [5.41, 5.74) is 1.12. The number of rotatable bonds is 5. The van der Waals surface area contributed by atoms with Crippen LogP contribution in [0.5, 0.6) is 5.75 Å². The maximum Gasteiger partial charge on any atom is 0.257 e. The fourth-order valence-electron chi connectivity index (χ4n) is 4.68. The fourth-order valence-corrected chi connectivity index (χ4v) is 7.93. The first-order valence-corrected chi connectivity index (χ1v) is 14.4. The summed E-state index contributed by atoms with van der Waals surface area (Å²) in [7, 11) is -2.16. The summed E-state index contributed by atoms with van der Waals surface area (Å²) in [5, 5.41) is 9.88. The number of hydrogen-bond acceptors (Lipinski definition) is 6. The average molecular weight is 547 g/mol. The number of likely N-dealkylation sites (tertiary alicyclic amines) is 1. The van der Waals surface area contributed by atoms with Gasteiger partial charge in [0.1, 0.15) is 15.8 Å². The van der Waals surface area contributed by atoms with Gasteiger partial charge in [0.05, 0.1) is 12.7 Å². The van der Waals surface area contributed by atoms with Crippen molar-refractivity contribution in [2.45, 2.75) is 17.1 Å². The summed E-state index contributed by atoms with van der Waals surface area (Å²) >= 11 is 7.25. The summed E-state index contributed by atoms with van der Waals surface area (Å²) < 4.78 is 34.5. The van der Waals surface area contributed by atoms with Gasteiger partial charge in [-0.15, -0.1) is 11.3 Å². The Balaban J connectivity index is 1.28. The monoisotopic (exact) mass is 546 g/mol. The molecule has 2 fully saturated rings. The van der Waals surface area contributed by atoms with E-state index in [1.165, 1.54) is 22.8 Å². The Morgan fingerprint density at radius 1 is 0.972 bits per heavy atom. The van der Waals surface area contributed by atoms with Crippen molar-refractivity contribution in [1.82, 2.24) is 14.1 Å². The molecule has 3 aromatic rings. The third kappa shape index (κ3) is 4.70. The van der Waals surface area contributed by atoms with Gasteiger partial charge in [-0.25, -0.2) is 8.42 Å². The van der Waals surface area contributed by atoms with Gasteiger partial charge in [0.15, 0.2) is 0 Å². The molecule has 1 amide bonds. The normalized spacial score (nSPS) is 17.1. The van der Waals surface area contributed by atoms with Gasteiger partial charge in [-0.2, -0.15) is 4.31 Å². The van der Waals surface area contributed by atoms with Gasteiger partial charge in [0.2, 0.25) is 0 Å². The van der Waals surface area contributed by atoms with Crippen molar-refractivity contribution in [1.29, 1.82) is 5.41 Å². The first-order chi connectivity index (χ1) is 17.3. The van der Waals surface area contributed by atoms with Crippen molar-refractivity contribution in [2.24, 2.45) is 0 Å². The van der Waals surface area contributed by atoms with E-state index in [9.17, 15) is 13.2 Å². The second-order valence-electron chi connectivity index (χ2n) is 8.90. The smallest absolute Gasteiger partial charge is 0.257 e. The minimum absolute atomic E-state index is 0.209. The summed E-state index contributed by atoms with van der Waals surface area (Å²) in [6.45, 7) is 2.72. The van der Waals surface area contributed by atoms with Gasteiger partial charge >= 0.3 is 0 Å². The highest BCUT2D eigenvalue weighted by atomic mass is 35.5. The number of carbonyl (C=O) groups excluding carboxylic acids is 1. The lowest BCUT2D eigenvalue weighted by Gasteiger charge is -2.34. The van der Waals surface area contributed by atoms with Gasteiger partial charge in [0, 0.05) is 54.6 Å². The van der Waals surface area contributed by atoms with Crippen LogP contribution in [0.1, 0.15) is 28.8 Å². The molecular formula is C25H27ClN4O4S2. The number of nitrogens with zero attached hydrogens (tertiary/aromatic N) is 3. The number of ether oxygens (including phenoxy) is 1. The lowest BCUT2D eigenvalue weighted by atomic mass is 10.1. The first-order valence-electron chi connectivity index (χ1n) is 11.8. The van der Waals surface area contributed by atoms with Crippen molar-refractivity contribution < 1.29 is 17.9 Å². The predicted molar refractivity (Wildman–Crippen MR) is 142 cm³/mol. The summed E-state index contributed by atoms with van der Waals surface area (Å²) in [6, 6.07) is 12.2. The van der Waals surface area contributed by atoms with Crippen LogP contribution in [0.3, 0.4) is 0 Å². The molecule has 0 aliphatic carbocycles. The van der Waals surface area contributed by atoms with Crippen LogP contribution >= 0.6 is 22.9 Å². The van der Waals surface area contributed by atoms with Crippen LogP contribution in [0.15, 0.2) is 46.7 Å². The van der Waals surface area contributed by atoms with E-state index in [0.717, 1.165) is 36.0 Å². The molecule has 8 nitrogen and oxygen atoms in total. The van der Waals surface area contributed by atoms with E-state index in [4.69, 9.17) is 21.7 Å². The van der Waals surface area contributed by atoms with Gasteiger partial charge in [-0.05, 0) is 48.6 Å². The molecule has 0 radical (unpaired) electrons. The number of methoxy groups -OCH3 is 1. The molecule has 190 valence electrons. The van der Waals surface area contributed by atoms with E-state index in [2.05, 4.69) is 0 Å². The molecule has 0 bridgehead atoms. The number of fused-ring (bicyclic) bond motifs is 1. The number of sulfonamides is 1. The summed E-state index contributed by atoms with van der Waals surface area (Å²) in [4.78, 5) is 17.0. The lowest BCUT2D eigenvalue weighted by Crippen LogP contribution is -2.50. The molecule has 0 spiro atoms. The lowest BCUT2D eigenvalue weighted by molar-refractivity contribution is 0.0694. The Hall–Kier alpha value is -2.66.